The molecule has 0 unspecified atom stereocenters. The van der Waals surface area contributed by atoms with E-state index in [1.807, 2.05) is 6.08 Å². The van der Waals surface area contributed by atoms with Gasteiger partial charge in [-0.25, -0.2) is 0 Å². The summed E-state index contributed by atoms with van der Waals surface area (Å²) >= 11 is 0. The zero-order valence-electron chi connectivity index (χ0n) is 8.58. The van der Waals surface area contributed by atoms with Crippen molar-refractivity contribution in [2.75, 3.05) is 18.0 Å². The largest absolute Gasteiger partial charge is 0.368 e. The third kappa shape index (κ3) is 1.82. The van der Waals surface area contributed by atoms with Crippen LogP contribution in [-0.2, 0) is 6.42 Å². The van der Waals surface area contributed by atoms with E-state index in [1.165, 1.54) is 37.1 Å². The molecule has 0 saturated heterocycles. The Morgan fingerprint density at radius 2 is 2.14 bits per heavy atom. The van der Waals surface area contributed by atoms with Gasteiger partial charge in [-0.3, -0.25) is 0 Å². The van der Waals surface area contributed by atoms with Crippen LogP contribution in [-0.4, -0.2) is 13.1 Å². The van der Waals surface area contributed by atoms with Crippen LogP contribution in [0.25, 0.3) is 0 Å². The number of hydrogen-bond donors (Lipinski definition) is 0. The number of aryl methyl sites for hydroxylation is 1. The summed E-state index contributed by atoms with van der Waals surface area (Å²) in [7, 11) is 0. The van der Waals surface area contributed by atoms with Crippen LogP contribution in [0, 0.1) is 0 Å². The average Bonchev–Trinajstić information content (AvgIpc) is 2.42. The van der Waals surface area contributed by atoms with Crippen molar-refractivity contribution in [2.24, 2.45) is 0 Å². The first kappa shape index (κ1) is 9.32. The Morgan fingerprint density at radius 1 is 1.29 bits per heavy atom. The lowest BCUT2D eigenvalue weighted by atomic mass is 10.1. The summed E-state index contributed by atoms with van der Waals surface area (Å²) in [5, 5.41) is 0. The van der Waals surface area contributed by atoms with Crippen molar-refractivity contribution in [3.63, 3.8) is 0 Å². The summed E-state index contributed by atoms with van der Waals surface area (Å²) in [4.78, 5) is 2.43. The van der Waals surface area contributed by atoms with E-state index >= 15 is 0 Å². The van der Waals surface area contributed by atoms with Gasteiger partial charge in [-0.05, 0) is 30.9 Å². The molecule has 1 aromatic carbocycles. The molecule has 0 saturated carbocycles. The van der Waals surface area contributed by atoms with Crippen LogP contribution in [0.2, 0.25) is 0 Å². The van der Waals surface area contributed by atoms with Crippen molar-refractivity contribution in [2.45, 2.75) is 19.3 Å². The number of fused-ring (bicyclic) bond motifs is 1. The minimum atomic E-state index is 0.969. The maximum Gasteiger partial charge on any atom is 0.0401 e. The molecule has 0 N–H and O–H groups in total. The maximum absolute atomic E-state index is 3.82. The third-order valence-corrected chi connectivity index (χ3v) is 2.81. The monoisotopic (exact) mass is 187 g/mol. The maximum atomic E-state index is 3.82. The molecule has 74 valence electrons. The zero-order valence-corrected chi connectivity index (χ0v) is 8.58. The van der Waals surface area contributed by atoms with Crippen molar-refractivity contribution in [1.82, 2.24) is 0 Å². The lowest BCUT2D eigenvalue weighted by Crippen LogP contribution is -2.23. The fourth-order valence-corrected chi connectivity index (χ4v) is 2.11. The predicted molar refractivity (Wildman–Crippen MR) is 61.8 cm³/mol. The van der Waals surface area contributed by atoms with Crippen LogP contribution in [0.1, 0.15) is 18.4 Å². The lowest BCUT2D eigenvalue weighted by Gasteiger charge is -2.23. The third-order valence-electron chi connectivity index (χ3n) is 2.81. The smallest absolute Gasteiger partial charge is 0.0401 e. The van der Waals surface area contributed by atoms with Crippen LogP contribution in [0.3, 0.4) is 0 Å². The number of anilines is 1. The van der Waals surface area contributed by atoms with Crippen molar-refractivity contribution >= 4 is 5.69 Å². The van der Waals surface area contributed by atoms with Gasteiger partial charge in [-0.15, -0.1) is 6.58 Å². The van der Waals surface area contributed by atoms with E-state index in [1.54, 1.807) is 0 Å². The zero-order chi connectivity index (χ0) is 9.80. The molecule has 1 aliphatic rings. The van der Waals surface area contributed by atoms with Gasteiger partial charge >= 0.3 is 0 Å². The van der Waals surface area contributed by atoms with Gasteiger partial charge in [0.15, 0.2) is 0 Å². The lowest BCUT2D eigenvalue weighted by molar-refractivity contribution is 0.737. The van der Waals surface area contributed by atoms with E-state index in [2.05, 4.69) is 35.7 Å². The summed E-state index contributed by atoms with van der Waals surface area (Å²) in [6, 6.07) is 8.73. The first-order chi connectivity index (χ1) is 6.92. The molecule has 0 spiro atoms. The molecule has 1 nitrogen and oxygen atoms in total. The van der Waals surface area contributed by atoms with E-state index in [4.69, 9.17) is 0 Å². The summed E-state index contributed by atoms with van der Waals surface area (Å²) in [6.07, 6.45) is 5.82. The first-order valence-electron chi connectivity index (χ1n) is 5.35. The molecule has 14 heavy (non-hydrogen) atoms. The highest BCUT2D eigenvalue weighted by molar-refractivity contribution is 5.54. The molecule has 1 heteroatoms. The predicted octanol–water partition coefficient (Wildman–Crippen LogP) is 3.02. The first-order valence-corrected chi connectivity index (χ1v) is 5.35. The van der Waals surface area contributed by atoms with Gasteiger partial charge in [-0.2, -0.15) is 0 Å². The molecule has 0 amide bonds. The molecule has 1 aliphatic heterocycles. The molecule has 0 aliphatic carbocycles. The normalized spacial score (nSPS) is 15.9. The molecule has 0 radical (unpaired) electrons. The Balaban J connectivity index is 2.31. The fraction of sp³-hybridized carbons (Fsp3) is 0.385. The molecule has 1 heterocycles. The van der Waals surface area contributed by atoms with E-state index in [9.17, 15) is 0 Å². The topological polar surface area (TPSA) is 3.24 Å². The molecule has 2 rings (SSSR count). The average molecular weight is 187 g/mol. The number of benzene rings is 1. The van der Waals surface area contributed by atoms with Crippen molar-refractivity contribution in [3.8, 4) is 0 Å². The quantitative estimate of drug-likeness (QED) is 0.643. The van der Waals surface area contributed by atoms with Crippen molar-refractivity contribution < 1.29 is 0 Å². The van der Waals surface area contributed by atoms with Gasteiger partial charge in [0.2, 0.25) is 0 Å². The second-order valence-corrected chi connectivity index (χ2v) is 3.82. The van der Waals surface area contributed by atoms with Gasteiger partial charge in [0.25, 0.3) is 0 Å². The molecule has 0 atom stereocenters. The second-order valence-electron chi connectivity index (χ2n) is 3.82. The minimum Gasteiger partial charge on any atom is -0.368 e. The van der Waals surface area contributed by atoms with Crippen molar-refractivity contribution in [3.05, 3.63) is 42.5 Å². The highest BCUT2D eigenvalue weighted by Gasteiger charge is 2.12. The minimum absolute atomic E-state index is 0.969. The Kier molecular flexibility index (Phi) is 2.87. The second kappa shape index (κ2) is 4.32. The Morgan fingerprint density at radius 3 is 3.00 bits per heavy atom. The number of nitrogens with zero attached hydrogens (tertiary/aromatic N) is 1. The Labute approximate surface area is 86.1 Å². The van der Waals surface area contributed by atoms with Gasteiger partial charge in [-0.1, -0.05) is 24.3 Å². The van der Waals surface area contributed by atoms with Crippen LogP contribution in [0.15, 0.2) is 36.9 Å². The molecular formula is C13H17N. The van der Waals surface area contributed by atoms with Gasteiger partial charge < -0.3 is 4.90 Å². The van der Waals surface area contributed by atoms with Gasteiger partial charge in [0, 0.05) is 18.8 Å². The van der Waals surface area contributed by atoms with Crippen LogP contribution in [0.5, 0.6) is 0 Å². The van der Waals surface area contributed by atoms with Crippen LogP contribution in [0.4, 0.5) is 5.69 Å². The molecule has 0 bridgehead atoms. The standard InChI is InChI=1S/C13H17N/c1-2-10-14-11-6-5-8-12-7-3-4-9-13(12)14/h2-4,7,9H,1,5-6,8,10-11H2. The SMILES string of the molecule is C=CCN1CCCCc2ccccc21. The number of para-hydroxylation sites is 1. The summed E-state index contributed by atoms with van der Waals surface area (Å²) in [5.74, 6) is 0. The highest BCUT2D eigenvalue weighted by Crippen LogP contribution is 2.25. The molecule has 1 aromatic rings. The number of rotatable bonds is 2. The molecule has 0 fully saturated rings. The van der Waals surface area contributed by atoms with E-state index in [-0.39, 0.29) is 0 Å². The van der Waals surface area contributed by atoms with E-state index < -0.39 is 0 Å². The fourth-order valence-electron chi connectivity index (χ4n) is 2.11. The summed E-state index contributed by atoms with van der Waals surface area (Å²) in [5.41, 5.74) is 2.90. The summed E-state index contributed by atoms with van der Waals surface area (Å²) < 4.78 is 0. The molecular weight excluding hydrogens is 170 g/mol. The van der Waals surface area contributed by atoms with Crippen LogP contribution < -0.4 is 4.90 Å². The van der Waals surface area contributed by atoms with Crippen molar-refractivity contribution in [1.29, 1.82) is 0 Å². The van der Waals surface area contributed by atoms with Crippen LogP contribution >= 0.6 is 0 Å². The van der Waals surface area contributed by atoms with Gasteiger partial charge in [0.05, 0.1) is 0 Å². The summed E-state index contributed by atoms with van der Waals surface area (Å²) in [6.45, 7) is 5.96. The van der Waals surface area contributed by atoms with Gasteiger partial charge in [0.1, 0.15) is 0 Å². The molecule has 0 aromatic heterocycles. The highest BCUT2D eigenvalue weighted by atomic mass is 15.1. The Hall–Kier alpha value is -1.24. The van der Waals surface area contributed by atoms with E-state index in [0.717, 1.165) is 6.54 Å². The van der Waals surface area contributed by atoms with E-state index in [0.29, 0.717) is 0 Å². The Bertz CT molecular complexity index is 317. The number of hydrogen-bond acceptors (Lipinski definition) is 1.